The molecule has 82 valence electrons. The first kappa shape index (κ1) is 11.7. The molecule has 0 aliphatic heterocycles. The summed E-state index contributed by atoms with van der Waals surface area (Å²) in [6.07, 6.45) is 0. The van der Waals surface area contributed by atoms with Crippen molar-refractivity contribution in [2.45, 2.75) is 19.9 Å². The molecule has 4 N–H and O–H groups in total. The molecular formula is C11H17N3O. The van der Waals surface area contributed by atoms with Crippen LogP contribution in [0.1, 0.15) is 13.8 Å². The first-order chi connectivity index (χ1) is 7.04. The minimum atomic E-state index is -0.560. The lowest BCUT2D eigenvalue weighted by Gasteiger charge is -2.22. The molecular weight excluding hydrogens is 190 g/mol. The first-order valence-electron chi connectivity index (χ1n) is 4.93. The van der Waals surface area contributed by atoms with Crippen LogP contribution in [0.4, 0.5) is 5.69 Å². The predicted molar refractivity (Wildman–Crippen MR) is 60.9 cm³/mol. The van der Waals surface area contributed by atoms with Crippen LogP contribution < -0.4 is 16.6 Å². The van der Waals surface area contributed by atoms with Crippen molar-refractivity contribution in [3.05, 3.63) is 30.3 Å². The highest BCUT2D eigenvalue weighted by molar-refractivity contribution is 5.96. The number of carbonyl (C=O) groups is 1. The smallest absolute Gasteiger partial charge is 0.258 e. The maximum absolute atomic E-state index is 11.8. The number of para-hydroxylation sites is 1. The number of rotatable bonds is 3. The lowest BCUT2D eigenvalue weighted by molar-refractivity contribution is -0.120. The maximum Gasteiger partial charge on any atom is 0.258 e. The van der Waals surface area contributed by atoms with Gasteiger partial charge in [0.2, 0.25) is 0 Å². The van der Waals surface area contributed by atoms with E-state index in [9.17, 15) is 4.79 Å². The zero-order valence-corrected chi connectivity index (χ0v) is 9.05. The molecule has 1 aromatic carbocycles. The van der Waals surface area contributed by atoms with Crippen LogP contribution in [-0.4, -0.2) is 11.9 Å². The molecule has 0 aliphatic carbocycles. The zero-order chi connectivity index (χ0) is 11.4. The van der Waals surface area contributed by atoms with E-state index in [4.69, 9.17) is 11.6 Å². The number of hydrazine groups is 1. The van der Waals surface area contributed by atoms with Crippen molar-refractivity contribution < 1.29 is 4.79 Å². The summed E-state index contributed by atoms with van der Waals surface area (Å²) < 4.78 is 0. The SMILES string of the molecule is CC(C)[C@H](N)C(=O)N(N)c1ccccc1. The number of hydrogen-bond donors (Lipinski definition) is 2. The zero-order valence-electron chi connectivity index (χ0n) is 9.05. The second kappa shape index (κ2) is 4.91. The summed E-state index contributed by atoms with van der Waals surface area (Å²) in [4.78, 5) is 11.8. The average molecular weight is 207 g/mol. The summed E-state index contributed by atoms with van der Waals surface area (Å²) in [5, 5.41) is 1.10. The molecule has 0 bridgehead atoms. The number of carbonyl (C=O) groups excluding carboxylic acids is 1. The monoisotopic (exact) mass is 207 g/mol. The van der Waals surface area contributed by atoms with Gasteiger partial charge in [-0.1, -0.05) is 32.0 Å². The molecule has 0 spiro atoms. The van der Waals surface area contributed by atoms with Gasteiger partial charge in [0.05, 0.1) is 11.7 Å². The highest BCUT2D eigenvalue weighted by Gasteiger charge is 2.22. The summed E-state index contributed by atoms with van der Waals surface area (Å²) in [5.74, 6) is 5.49. The Labute approximate surface area is 89.8 Å². The van der Waals surface area contributed by atoms with Gasteiger partial charge in [0.1, 0.15) is 0 Å². The quantitative estimate of drug-likeness (QED) is 0.439. The molecule has 0 radical (unpaired) electrons. The average Bonchev–Trinajstić information content (AvgIpc) is 2.27. The van der Waals surface area contributed by atoms with E-state index in [0.29, 0.717) is 5.69 Å². The largest absolute Gasteiger partial charge is 0.320 e. The third-order valence-electron chi connectivity index (χ3n) is 2.28. The molecule has 0 saturated heterocycles. The molecule has 1 amide bonds. The van der Waals surface area contributed by atoms with Crippen molar-refractivity contribution in [3.63, 3.8) is 0 Å². The van der Waals surface area contributed by atoms with E-state index in [0.717, 1.165) is 5.01 Å². The molecule has 0 fully saturated rings. The fraction of sp³-hybridized carbons (Fsp3) is 0.364. The third-order valence-corrected chi connectivity index (χ3v) is 2.28. The van der Waals surface area contributed by atoms with Gasteiger partial charge in [0, 0.05) is 0 Å². The molecule has 0 aliphatic rings. The minimum Gasteiger partial charge on any atom is -0.320 e. The Kier molecular flexibility index (Phi) is 3.82. The maximum atomic E-state index is 11.8. The Morgan fingerprint density at radius 2 is 1.80 bits per heavy atom. The van der Waals surface area contributed by atoms with Gasteiger partial charge in [-0.05, 0) is 18.1 Å². The van der Waals surface area contributed by atoms with Gasteiger partial charge in [0.15, 0.2) is 0 Å². The summed E-state index contributed by atoms with van der Waals surface area (Å²) in [7, 11) is 0. The first-order valence-corrected chi connectivity index (χ1v) is 4.93. The predicted octanol–water partition coefficient (Wildman–Crippen LogP) is 0.877. The molecule has 0 aromatic heterocycles. The molecule has 0 unspecified atom stereocenters. The highest BCUT2D eigenvalue weighted by atomic mass is 16.2. The van der Waals surface area contributed by atoms with E-state index in [1.165, 1.54) is 0 Å². The molecule has 4 heteroatoms. The Morgan fingerprint density at radius 1 is 1.27 bits per heavy atom. The number of nitrogens with zero attached hydrogens (tertiary/aromatic N) is 1. The van der Waals surface area contributed by atoms with Crippen molar-refractivity contribution >= 4 is 11.6 Å². The summed E-state index contributed by atoms with van der Waals surface area (Å²) >= 11 is 0. The van der Waals surface area contributed by atoms with Crippen molar-refractivity contribution in [1.82, 2.24) is 0 Å². The summed E-state index contributed by atoms with van der Waals surface area (Å²) in [6, 6.07) is 8.49. The van der Waals surface area contributed by atoms with Crippen LogP contribution in [0, 0.1) is 5.92 Å². The fourth-order valence-corrected chi connectivity index (χ4v) is 1.16. The lowest BCUT2D eigenvalue weighted by atomic mass is 10.0. The van der Waals surface area contributed by atoms with Crippen molar-refractivity contribution in [2.75, 3.05) is 5.01 Å². The number of benzene rings is 1. The van der Waals surface area contributed by atoms with E-state index in [1.54, 1.807) is 12.1 Å². The van der Waals surface area contributed by atoms with E-state index in [-0.39, 0.29) is 11.8 Å². The molecule has 1 aromatic rings. The van der Waals surface area contributed by atoms with Crippen LogP contribution in [0.5, 0.6) is 0 Å². The minimum absolute atomic E-state index is 0.0762. The molecule has 1 atom stereocenters. The number of hydrogen-bond acceptors (Lipinski definition) is 3. The summed E-state index contributed by atoms with van der Waals surface area (Å²) in [5.41, 5.74) is 6.38. The van der Waals surface area contributed by atoms with Crippen LogP contribution in [-0.2, 0) is 4.79 Å². The Bertz CT molecular complexity index is 324. The van der Waals surface area contributed by atoms with Crippen molar-refractivity contribution in [3.8, 4) is 0 Å². The van der Waals surface area contributed by atoms with Crippen molar-refractivity contribution in [2.24, 2.45) is 17.5 Å². The molecule has 0 heterocycles. The van der Waals surface area contributed by atoms with E-state index in [2.05, 4.69) is 0 Å². The molecule has 1 rings (SSSR count). The Balaban J connectivity index is 2.78. The third kappa shape index (κ3) is 2.78. The molecule has 4 nitrogen and oxygen atoms in total. The van der Waals surface area contributed by atoms with Gasteiger partial charge >= 0.3 is 0 Å². The highest BCUT2D eigenvalue weighted by Crippen LogP contribution is 2.11. The molecule has 15 heavy (non-hydrogen) atoms. The second-order valence-electron chi connectivity index (χ2n) is 3.81. The van der Waals surface area contributed by atoms with Crippen LogP contribution in [0.2, 0.25) is 0 Å². The summed E-state index contributed by atoms with van der Waals surface area (Å²) in [6.45, 7) is 3.78. The van der Waals surface area contributed by atoms with Crippen LogP contribution in [0.3, 0.4) is 0 Å². The topological polar surface area (TPSA) is 72.4 Å². The standard InChI is InChI=1S/C11H17N3O/c1-8(2)10(12)11(15)14(13)9-6-4-3-5-7-9/h3-8,10H,12-13H2,1-2H3/t10-/m0/s1. The normalized spacial score (nSPS) is 12.6. The van der Waals surface area contributed by atoms with Crippen LogP contribution >= 0.6 is 0 Å². The van der Waals surface area contributed by atoms with Gasteiger partial charge in [-0.15, -0.1) is 0 Å². The number of nitrogens with two attached hydrogens (primary N) is 2. The fourth-order valence-electron chi connectivity index (χ4n) is 1.16. The van der Waals surface area contributed by atoms with Gasteiger partial charge in [-0.3, -0.25) is 4.79 Å². The Hall–Kier alpha value is -1.39. The van der Waals surface area contributed by atoms with Crippen LogP contribution in [0.15, 0.2) is 30.3 Å². The van der Waals surface area contributed by atoms with Crippen molar-refractivity contribution in [1.29, 1.82) is 0 Å². The van der Waals surface area contributed by atoms with Crippen LogP contribution in [0.25, 0.3) is 0 Å². The van der Waals surface area contributed by atoms with E-state index >= 15 is 0 Å². The van der Waals surface area contributed by atoms with E-state index < -0.39 is 6.04 Å². The van der Waals surface area contributed by atoms with Gasteiger partial charge in [0.25, 0.3) is 5.91 Å². The number of anilines is 1. The number of amides is 1. The molecule has 0 saturated carbocycles. The Morgan fingerprint density at radius 3 is 2.27 bits per heavy atom. The second-order valence-corrected chi connectivity index (χ2v) is 3.81. The van der Waals surface area contributed by atoms with Gasteiger partial charge in [-0.25, -0.2) is 10.9 Å². The van der Waals surface area contributed by atoms with E-state index in [1.807, 2.05) is 32.0 Å². The van der Waals surface area contributed by atoms with Gasteiger partial charge in [-0.2, -0.15) is 0 Å². The van der Waals surface area contributed by atoms with Gasteiger partial charge < -0.3 is 5.73 Å². The lowest BCUT2D eigenvalue weighted by Crippen LogP contribution is -2.50.